The lowest BCUT2D eigenvalue weighted by Gasteiger charge is -2.22. The van der Waals surface area contributed by atoms with Crippen molar-refractivity contribution in [2.45, 2.75) is 25.8 Å². The average Bonchev–Trinajstić information content (AvgIpc) is 3.27. The summed E-state index contributed by atoms with van der Waals surface area (Å²) in [4.78, 5) is 37.4. The summed E-state index contributed by atoms with van der Waals surface area (Å²) in [5, 5.41) is 12.0. The Morgan fingerprint density at radius 2 is 2.08 bits per heavy atom. The molecule has 1 unspecified atom stereocenters. The first kappa shape index (κ1) is 16.8. The molecule has 130 valence electrons. The normalized spacial score (nSPS) is 16.7. The molecule has 2 aromatic rings. The van der Waals surface area contributed by atoms with Gasteiger partial charge in [-0.15, -0.1) is 0 Å². The highest BCUT2D eigenvalue weighted by molar-refractivity contribution is 6.04. The number of amides is 2. The number of carboxylic acids is 1. The highest BCUT2D eigenvalue weighted by Crippen LogP contribution is 2.23. The van der Waals surface area contributed by atoms with Crippen LogP contribution < -0.4 is 5.32 Å². The van der Waals surface area contributed by atoms with E-state index >= 15 is 0 Å². The van der Waals surface area contributed by atoms with E-state index in [1.165, 1.54) is 11.2 Å². The lowest BCUT2D eigenvalue weighted by molar-refractivity contribution is -0.141. The maximum Gasteiger partial charge on any atom is 0.326 e. The van der Waals surface area contributed by atoms with E-state index in [-0.39, 0.29) is 11.7 Å². The summed E-state index contributed by atoms with van der Waals surface area (Å²) in [6.45, 7) is 2.22. The Balaban J connectivity index is 1.82. The topological polar surface area (TPSA) is 99.9 Å². The van der Waals surface area contributed by atoms with Crippen LogP contribution in [-0.4, -0.2) is 40.4 Å². The van der Waals surface area contributed by atoms with Gasteiger partial charge in [0.1, 0.15) is 6.04 Å². The van der Waals surface area contributed by atoms with Gasteiger partial charge in [0.25, 0.3) is 11.8 Å². The third-order valence-corrected chi connectivity index (χ3v) is 4.28. The Morgan fingerprint density at radius 3 is 2.76 bits per heavy atom. The lowest BCUT2D eigenvalue weighted by Crippen LogP contribution is -2.40. The monoisotopic (exact) mass is 342 g/mol. The molecule has 1 aromatic heterocycles. The SMILES string of the molecule is Cc1ccc(C(=O)N2CCCC2C(=O)O)cc1NC(=O)c1ccco1. The highest BCUT2D eigenvalue weighted by Gasteiger charge is 2.34. The van der Waals surface area contributed by atoms with Crippen LogP contribution in [-0.2, 0) is 4.79 Å². The molecule has 1 aliphatic rings. The van der Waals surface area contributed by atoms with Crippen LogP contribution in [0.25, 0.3) is 0 Å². The summed E-state index contributed by atoms with van der Waals surface area (Å²) < 4.78 is 5.05. The van der Waals surface area contributed by atoms with Crippen LogP contribution in [0.5, 0.6) is 0 Å². The second-order valence-corrected chi connectivity index (χ2v) is 5.96. The number of benzene rings is 1. The van der Waals surface area contributed by atoms with Gasteiger partial charge in [-0.3, -0.25) is 9.59 Å². The molecule has 3 rings (SSSR count). The Kier molecular flexibility index (Phi) is 4.56. The molecule has 2 amide bonds. The molecule has 0 bridgehead atoms. The number of hydrogen-bond acceptors (Lipinski definition) is 4. The van der Waals surface area contributed by atoms with Crippen molar-refractivity contribution < 1.29 is 23.9 Å². The van der Waals surface area contributed by atoms with Crippen molar-refractivity contribution in [1.29, 1.82) is 0 Å². The van der Waals surface area contributed by atoms with E-state index in [1.54, 1.807) is 30.3 Å². The second kappa shape index (κ2) is 6.80. The zero-order chi connectivity index (χ0) is 18.0. The third-order valence-electron chi connectivity index (χ3n) is 4.28. The van der Waals surface area contributed by atoms with Crippen molar-refractivity contribution in [3.8, 4) is 0 Å². The standard InChI is InChI=1S/C18H18N2O5/c1-11-6-7-12(17(22)20-8-2-4-14(20)18(23)24)10-13(11)19-16(21)15-5-3-9-25-15/h3,5-7,9-10,14H,2,4,8H2,1H3,(H,19,21)(H,23,24). The maximum absolute atomic E-state index is 12.7. The molecule has 7 nitrogen and oxygen atoms in total. The molecule has 0 aliphatic carbocycles. The minimum Gasteiger partial charge on any atom is -0.480 e. The zero-order valence-electron chi connectivity index (χ0n) is 13.7. The van der Waals surface area contributed by atoms with E-state index in [4.69, 9.17) is 4.42 Å². The average molecular weight is 342 g/mol. The Bertz CT molecular complexity index is 813. The number of aliphatic carboxylic acids is 1. The fourth-order valence-electron chi connectivity index (χ4n) is 2.91. The van der Waals surface area contributed by atoms with Gasteiger partial charge in [0, 0.05) is 17.8 Å². The number of carbonyl (C=O) groups excluding carboxylic acids is 2. The summed E-state index contributed by atoms with van der Waals surface area (Å²) >= 11 is 0. The quantitative estimate of drug-likeness (QED) is 0.889. The molecule has 0 saturated carbocycles. The molecular weight excluding hydrogens is 324 g/mol. The van der Waals surface area contributed by atoms with Gasteiger partial charge in [-0.25, -0.2) is 4.79 Å². The largest absolute Gasteiger partial charge is 0.480 e. The predicted octanol–water partition coefficient (Wildman–Crippen LogP) is 2.53. The maximum atomic E-state index is 12.7. The van der Waals surface area contributed by atoms with Gasteiger partial charge >= 0.3 is 5.97 Å². The van der Waals surface area contributed by atoms with E-state index in [1.807, 2.05) is 6.92 Å². The molecule has 1 fully saturated rings. The first-order valence-electron chi connectivity index (χ1n) is 7.96. The number of carbonyl (C=O) groups is 3. The lowest BCUT2D eigenvalue weighted by atomic mass is 10.1. The van der Waals surface area contributed by atoms with Crippen molar-refractivity contribution in [2.75, 3.05) is 11.9 Å². The first-order valence-corrected chi connectivity index (χ1v) is 7.96. The van der Waals surface area contributed by atoms with Gasteiger partial charge in [-0.2, -0.15) is 0 Å². The summed E-state index contributed by atoms with van der Waals surface area (Å²) in [6.07, 6.45) is 2.52. The Hall–Kier alpha value is -3.09. The van der Waals surface area contributed by atoms with Crippen molar-refractivity contribution in [3.05, 3.63) is 53.5 Å². The van der Waals surface area contributed by atoms with Crippen LogP contribution in [0.1, 0.15) is 39.3 Å². The van der Waals surface area contributed by atoms with Crippen LogP contribution in [0.15, 0.2) is 41.0 Å². The van der Waals surface area contributed by atoms with Crippen LogP contribution in [0, 0.1) is 6.92 Å². The predicted molar refractivity (Wildman–Crippen MR) is 89.5 cm³/mol. The molecule has 2 heterocycles. The fourth-order valence-corrected chi connectivity index (χ4v) is 2.91. The first-order chi connectivity index (χ1) is 12.0. The molecule has 0 radical (unpaired) electrons. The van der Waals surface area contributed by atoms with E-state index in [0.29, 0.717) is 30.6 Å². The number of aryl methyl sites for hydroxylation is 1. The second-order valence-electron chi connectivity index (χ2n) is 5.96. The Morgan fingerprint density at radius 1 is 1.28 bits per heavy atom. The smallest absolute Gasteiger partial charge is 0.326 e. The van der Waals surface area contributed by atoms with Crippen molar-refractivity contribution in [1.82, 2.24) is 4.90 Å². The van der Waals surface area contributed by atoms with E-state index in [0.717, 1.165) is 5.56 Å². The number of carboxylic acid groups (broad SMARTS) is 1. The van der Waals surface area contributed by atoms with E-state index in [2.05, 4.69) is 5.32 Å². The number of nitrogens with zero attached hydrogens (tertiary/aromatic N) is 1. The number of nitrogens with one attached hydrogen (secondary N) is 1. The van der Waals surface area contributed by atoms with Crippen LogP contribution >= 0.6 is 0 Å². The molecule has 7 heteroatoms. The van der Waals surface area contributed by atoms with Gasteiger partial charge in [-0.1, -0.05) is 6.07 Å². The number of likely N-dealkylation sites (tertiary alicyclic amines) is 1. The molecule has 1 aromatic carbocycles. The van der Waals surface area contributed by atoms with Gasteiger partial charge in [0.2, 0.25) is 0 Å². The minimum atomic E-state index is -0.996. The van der Waals surface area contributed by atoms with E-state index in [9.17, 15) is 19.5 Å². The van der Waals surface area contributed by atoms with Crippen molar-refractivity contribution in [2.24, 2.45) is 0 Å². The minimum absolute atomic E-state index is 0.168. The number of hydrogen-bond donors (Lipinski definition) is 2. The van der Waals surface area contributed by atoms with E-state index < -0.39 is 17.9 Å². The molecule has 2 N–H and O–H groups in total. The number of furan rings is 1. The molecular formula is C18H18N2O5. The van der Waals surface area contributed by atoms with Gasteiger partial charge in [-0.05, 0) is 49.6 Å². The highest BCUT2D eigenvalue weighted by atomic mass is 16.4. The zero-order valence-corrected chi connectivity index (χ0v) is 13.7. The fraction of sp³-hybridized carbons (Fsp3) is 0.278. The van der Waals surface area contributed by atoms with Crippen molar-refractivity contribution >= 4 is 23.5 Å². The molecule has 1 aliphatic heterocycles. The molecule has 25 heavy (non-hydrogen) atoms. The molecule has 0 spiro atoms. The van der Waals surface area contributed by atoms with Crippen molar-refractivity contribution in [3.63, 3.8) is 0 Å². The van der Waals surface area contributed by atoms with Crippen LogP contribution in [0.2, 0.25) is 0 Å². The Labute approximate surface area is 144 Å². The third kappa shape index (κ3) is 3.40. The van der Waals surface area contributed by atoms with Crippen LogP contribution in [0.4, 0.5) is 5.69 Å². The summed E-state index contributed by atoms with van der Waals surface area (Å²) in [7, 11) is 0. The van der Waals surface area contributed by atoms with Gasteiger partial charge in [0.05, 0.1) is 6.26 Å². The summed E-state index contributed by atoms with van der Waals surface area (Å²) in [5.74, 6) is -1.59. The molecule has 1 atom stereocenters. The number of rotatable bonds is 4. The summed E-state index contributed by atoms with van der Waals surface area (Å²) in [5.41, 5.74) is 1.61. The number of anilines is 1. The van der Waals surface area contributed by atoms with Crippen LogP contribution in [0.3, 0.4) is 0 Å². The van der Waals surface area contributed by atoms with Gasteiger partial charge in [0.15, 0.2) is 5.76 Å². The summed E-state index contributed by atoms with van der Waals surface area (Å²) in [6, 6.07) is 7.28. The molecule has 1 saturated heterocycles. The van der Waals surface area contributed by atoms with Gasteiger partial charge < -0.3 is 19.7 Å².